The zero-order valence-corrected chi connectivity index (χ0v) is 15.8. The van der Waals surface area contributed by atoms with E-state index in [9.17, 15) is 14.7 Å². The van der Waals surface area contributed by atoms with Gasteiger partial charge >= 0.3 is 5.97 Å². The van der Waals surface area contributed by atoms with Gasteiger partial charge in [-0.1, -0.05) is 36.4 Å². The number of carboxylic acids is 1. The van der Waals surface area contributed by atoms with Gasteiger partial charge in [0.15, 0.2) is 18.1 Å². The quantitative estimate of drug-likeness (QED) is 0.747. The Bertz CT molecular complexity index is 892. The first-order valence-corrected chi connectivity index (χ1v) is 9.03. The van der Waals surface area contributed by atoms with Gasteiger partial charge in [0.05, 0.1) is 7.11 Å². The first kappa shape index (κ1) is 19.5. The fraction of sp³-hybridized carbons (Fsp3) is 0.273. The first-order valence-electron chi connectivity index (χ1n) is 9.03. The fourth-order valence-corrected chi connectivity index (χ4v) is 3.35. The van der Waals surface area contributed by atoms with E-state index in [0.29, 0.717) is 17.9 Å². The maximum absolute atomic E-state index is 12.7. The number of carboxylic acid groups (broad SMARTS) is 1. The van der Waals surface area contributed by atoms with Crippen LogP contribution in [-0.2, 0) is 29.0 Å². The molecule has 1 N–H and O–H groups in total. The van der Waals surface area contributed by atoms with Crippen molar-refractivity contribution in [1.29, 1.82) is 0 Å². The van der Waals surface area contributed by atoms with Crippen molar-refractivity contribution in [2.24, 2.45) is 0 Å². The van der Waals surface area contributed by atoms with Crippen LogP contribution in [0.4, 0.5) is 0 Å². The lowest BCUT2D eigenvalue weighted by molar-refractivity contribution is -0.152. The molecule has 28 heavy (non-hydrogen) atoms. The molecule has 6 nitrogen and oxygen atoms in total. The number of nitrogens with zero attached hydrogens (tertiary/aromatic N) is 1. The lowest BCUT2D eigenvalue weighted by atomic mass is 9.94. The largest absolute Gasteiger partial charge is 0.493 e. The van der Waals surface area contributed by atoms with E-state index < -0.39 is 12.0 Å². The number of ether oxygens (including phenoxy) is 2. The number of carbonyl (C=O) groups is 2. The Morgan fingerprint density at radius 3 is 2.64 bits per heavy atom. The summed E-state index contributed by atoms with van der Waals surface area (Å²) in [6, 6.07) is 12.1. The van der Waals surface area contributed by atoms with Crippen molar-refractivity contribution in [2.75, 3.05) is 13.7 Å². The summed E-state index contributed by atoms with van der Waals surface area (Å²) in [5.74, 6) is -0.438. The normalized spacial score (nSPS) is 15.5. The van der Waals surface area contributed by atoms with Crippen LogP contribution in [0.15, 0.2) is 55.1 Å². The van der Waals surface area contributed by atoms with Crippen molar-refractivity contribution in [3.8, 4) is 11.5 Å². The summed E-state index contributed by atoms with van der Waals surface area (Å²) in [5, 5.41) is 9.57. The number of allylic oxidation sites excluding steroid dienone is 1. The molecule has 0 bridgehead atoms. The number of amides is 1. The predicted molar refractivity (Wildman–Crippen MR) is 105 cm³/mol. The summed E-state index contributed by atoms with van der Waals surface area (Å²) in [6.45, 7) is 3.71. The number of aliphatic carboxylic acids is 1. The molecule has 3 rings (SSSR count). The third-order valence-corrected chi connectivity index (χ3v) is 4.81. The molecule has 146 valence electrons. The molecule has 0 saturated heterocycles. The highest BCUT2D eigenvalue weighted by atomic mass is 16.5. The van der Waals surface area contributed by atoms with E-state index >= 15 is 0 Å². The van der Waals surface area contributed by atoms with Gasteiger partial charge in [0.1, 0.15) is 6.04 Å². The van der Waals surface area contributed by atoms with Crippen molar-refractivity contribution >= 4 is 11.9 Å². The van der Waals surface area contributed by atoms with Gasteiger partial charge in [-0.25, -0.2) is 4.79 Å². The predicted octanol–water partition coefficient (Wildman–Crippen LogP) is 2.84. The van der Waals surface area contributed by atoms with Crippen LogP contribution in [0.1, 0.15) is 16.7 Å². The molecule has 0 aliphatic carbocycles. The summed E-state index contributed by atoms with van der Waals surface area (Å²) in [7, 11) is 1.53. The average Bonchev–Trinajstić information content (AvgIpc) is 2.71. The van der Waals surface area contributed by atoms with Gasteiger partial charge in [-0.3, -0.25) is 4.79 Å². The maximum atomic E-state index is 12.7. The van der Waals surface area contributed by atoms with Crippen molar-refractivity contribution in [1.82, 2.24) is 4.90 Å². The Morgan fingerprint density at radius 2 is 1.96 bits per heavy atom. The molecule has 1 aliphatic heterocycles. The van der Waals surface area contributed by atoms with Crippen LogP contribution >= 0.6 is 0 Å². The number of fused-ring (bicyclic) bond motifs is 1. The van der Waals surface area contributed by atoms with E-state index in [0.717, 1.165) is 16.7 Å². The highest BCUT2D eigenvalue weighted by Gasteiger charge is 2.34. The lowest BCUT2D eigenvalue weighted by Gasteiger charge is -2.34. The van der Waals surface area contributed by atoms with E-state index in [1.54, 1.807) is 12.1 Å². The SMILES string of the molecule is C=CCc1ccc(OCC(=O)N2Cc3ccccc3CC2C(=O)O)c(OC)c1. The average molecular weight is 381 g/mol. The van der Waals surface area contributed by atoms with Gasteiger partial charge in [-0.2, -0.15) is 0 Å². The van der Waals surface area contributed by atoms with Gasteiger partial charge in [-0.05, 0) is 35.2 Å². The molecule has 0 aromatic heterocycles. The fourth-order valence-electron chi connectivity index (χ4n) is 3.35. The van der Waals surface area contributed by atoms with E-state index in [1.807, 2.05) is 36.4 Å². The van der Waals surface area contributed by atoms with Crippen molar-refractivity contribution < 1.29 is 24.2 Å². The zero-order valence-electron chi connectivity index (χ0n) is 15.8. The molecular weight excluding hydrogens is 358 g/mol. The Labute approximate surface area is 164 Å². The molecule has 1 aliphatic rings. The highest BCUT2D eigenvalue weighted by molar-refractivity contribution is 5.85. The zero-order chi connectivity index (χ0) is 20.1. The molecule has 1 unspecified atom stereocenters. The van der Waals surface area contributed by atoms with Crippen molar-refractivity contribution in [2.45, 2.75) is 25.4 Å². The van der Waals surface area contributed by atoms with E-state index in [-0.39, 0.29) is 25.5 Å². The van der Waals surface area contributed by atoms with Gasteiger partial charge in [0.2, 0.25) is 0 Å². The van der Waals surface area contributed by atoms with Gasteiger partial charge < -0.3 is 19.5 Å². The second kappa shape index (κ2) is 8.61. The van der Waals surface area contributed by atoms with Gasteiger partial charge in [0, 0.05) is 13.0 Å². The van der Waals surface area contributed by atoms with Gasteiger partial charge in [-0.15, -0.1) is 6.58 Å². The smallest absolute Gasteiger partial charge is 0.326 e. The Morgan fingerprint density at radius 1 is 1.21 bits per heavy atom. The first-order chi connectivity index (χ1) is 13.5. The number of carbonyl (C=O) groups excluding carboxylic acids is 1. The molecule has 0 fully saturated rings. The molecule has 0 saturated carbocycles. The second-order valence-corrected chi connectivity index (χ2v) is 6.62. The summed E-state index contributed by atoms with van der Waals surface area (Å²) in [5.41, 5.74) is 2.93. The van der Waals surface area contributed by atoms with Crippen molar-refractivity contribution in [3.05, 3.63) is 71.8 Å². The molecular formula is C22H23NO5. The molecule has 1 atom stereocenters. The highest BCUT2D eigenvalue weighted by Crippen LogP contribution is 2.29. The molecule has 2 aromatic rings. The Hall–Kier alpha value is -3.28. The third kappa shape index (κ3) is 4.17. The molecule has 0 spiro atoms. The van der Waals surface area contributed by atoms with Crippen LogP contribution in [0.2, 0.25) is 0 Å². The molecule has 2 aromatic carbocycles. The monoisotopic (exact) mass is 381 g/mol. The maximum Gasteiger partial charge on any atom is 0.326 e. The topological polar surface area (TPSA) is 76.1 Å². The van der Waals surface area contributed by atoms with E-state index in [1.165, 1.54) is 12.0 Å². The van der Waals surface area contributed by atoms with Crippen molar-refractivity contribution in [3.63, 3.8) is 0 Å². The number of hydrogen-bond donors (Lipinski definition) is 1. The standard InChI is InChI=1S/C22H23NO5/c1-3-6-15-9-10-19(20(11-15)27-2)28-14-21(24)23-13-17-8-5-4-7-16(17)12-18(23)22(25)26/h3-5,7-11,18H,1,6,12-14H2,2H3,(H,25,26). The third-order valence-electron chi connectivity index (χ3n) is 4.81. The van der Waals surface area contributed by atoms with Crippen LogP contribution in [0.25, 0.3) is 0 Å². The summed E-state index contributed by atoms with van der Waals surface area (Å²) in [6.07, 6.45) is 2.78. The molecule has 1 heterocycles. The molecule has 6 heteroatoms. The van der Waals surface area contributed by atoms with Gasteiger partial charge in [0.25, 0.3) is 5.91 Å². The second-order valence-electron chi connectivity index (χ2n) is 6.62. The Balaban J connectivity index is 1.73. The van der Waals surface area contributed by atoms with Crippen LogP contribution < -0.4 is 9.47 Å². The summed E-state index contributed by atoms with van der Waals surface area (Å²) >= 11 is 0. The number of methoxy groups -OCH3 is 1. The molecule has 0 radical (unpaired) electrons. The minimum absolute atomic E-state index is 0.255. The minimum atomic E-state index is -1.02. The Kier molecular flexibility index (Phi) is 5.99. The van der Waals surface area contributed by atoms with Crippen LogP contribution in [0.3, 0.4) is 0 Å². The minimum Gasteiger partial charge on any atom is -0.493 e. The summed E-state index contributed by atoms with van der Waals surface area (Å²) < 4.78 is 11.0. The van der Waals surface area contributed by atoms with Crippen LogP contribution in [0.5, 0.6) is 11.5 Å². The van der Waals surface area contributed by atoms with Crippen LogP contribution in [0, 0.1) is 0 Å². The number of rotatable bonds is 7. The molecule has 1 amide bonds. The van der Waals surface area contributed by atoms with E-state index in [4.69, 9.17) is 9.47 Å². The van der Waals surface area contributed by atoms with Crippen LogP contribution in [-0.4, -0.2) is 41.6 Å². The summed E-state index contributed by atoms with van der Waals surface area (Å²) in [4.78, 5) is 25.8. The lowest BCUT2D eigenvalue weighted by Crippen LogP contribution is -2.50. The number of hydrogen-bond acceptors (Lipinski definition) is 4. The van der Waals surface area contributed by atoms with E-state index in [2.05, 4.69) is 6.58 Å². The number of benzene rings is 2.